The van der Waals surface area contributed by atoms with Crippen LogP contribution in [0.15, 0.2) is 87.1 Å². The van der Waals surface area contributed by atoms with Crippen molar-refractivity contribution in [2.24, 2.45) is 0 Å². The second kappa shape index (κ2) is 8.84. The fourth-order valence-electron chi connectivity index (χ4n) is 3.19. The van der Waals surface area contributed by atoms with E-state index in [1.54, 1.807) is 30.0 Å². The van der Waals surface area contributed by atoms with E-state index in [1.165, 1.54) is 0 Å². The predicted octanol–water partition coefficient (Wildman–Crippen LogP) is 5.87. The first kappa shape index (κ1) is 19.7. The zero-order valence-electron chi connectivity index (χ0n) is 15.5. The minimum absolute atomic E-state index is 0.194. The number of benzene rings is 3. The van der Waals surface area contributed by atoms with Crippen LogP contribution in [0.1, 0.15) is 16.8 Å². The van der Waals surface area contributed by atoms with Gasteiger partial charge in [0.05, 0.1) is 17.8 Å². The summed E-state index contributed by atoms with van der Waals surface area (Å²) in [6, 6.07) is 23.3. The van der Waals surface area contributed by atoms with Crippen molar-refractivity contribution >= 4 is 50.8 Å². The Labute approximate surface area is 182 Å². The molecule has 0 radical (unpaired) electrons. The molecule has 0 aromatic heterocycles. The van der Waals surface area contributed by atoms with Gasteiger partial charge in [-0.15, -0.1) is 0 Å². The van der Waals surface area contributed by atoms with Crippen molar-refractivity contribution < 1.29 is 14.3 Å². The first-order chi connectivity index (χ1) is 14.1. The maximum absolute atomic E-state index is 12.3. The summed E-state index contributed by atoms with van der Waals surface area (Å²) < 4.78 is 6.04. The number of carbonyl (C=O) groups is 2. The second-order valence-electron chi connectivity index (χ2n) is 6.53. The fraction of sp³-hybridized carbons (Fsp3) is 0.130. The van der Waals surface area contributed by atoms with Crippen LogP contribution < -0.4 is 4.90 Å². The van der Waals surface area contributed by atoms with Gasteiger partial charge in [-0.25, -0.2) is 0 Å². The third-order valence-electron chi connectivity index (χ3n) is 4.58. The molecule has 1 aliphatic rings. The summed E-state index contributed by atoms with van der Waals surface area (Å²) in [6.45, 7) is 0.233. The lowest BCUT2D eigenvalue weighted by Crippen LogP contribution is -2.25. The Morgan fingerprint density at radius 1 is 0.897 bits per heavy atom. The maximum Gasteiger partial charge on any atom is 0.308 e. The highest BCUT2D eigenvalue weighted by Gasteiger charge is 2.23. The highest BCUT2D eigenvalue weighted by Crippen LogP contribution is 2.47. The van der Waals surface area contributed by atoms with Gasteiger partial charge in [0.15, 0.2) is 12.4 Å². The van der Waals surface area contributed by atoms with E-state index in [1.807, 2.05) is 30.3 Å². The SMILES string of the molecule is O=C(CCN1c2ccccc2Sc2ccccc21)OCC(=O)c1cccc(Br)c1. The minimum Gasteiger partial charge on any atom is -0.457 e. The number of hydrogen-bond donors (Lipinski definition) is 0. The van der Waals surface area contributed by atoms with E-state index in [-0.39, 0.29) is 24.8 Å². The Balaban J connectivity index is 1.40. The Morgan fingerprint density at radius 3 is 2.21 bits per heavy atom. The van der Waals surface area contributed by atoms with Gasteiger partial charge < -0.3 is 9.64 Å². The molecular weight excluding hydrogens is 450 g/mol. The number of halogens is 1. The van der Waals surface area contributed by atoms with Gasteiger partial charge in [-0.1, -0.05) is 64.1 Å². The van der Waals surface area contributed by atoms with E-state index in [2.05, 4.69) is 45.1 Å². The van der Waals surface area contributed by atoms with Crippen molar-refractivity contribution in [3.63, 3.8) is 0 Å². The van der Waals surface area contributed by atoms with Crippen molar-refractivity contribution in [2.45, 2.75) is 16.2 Å². The molecule has 4 nitrogen and oxygen atoms in total. The third-order valence-corrected chi connectivity index (χ3v) is 6.21. The molecule has 0 fully saturated rings. The number of carbonyl (C=O) groups excluding carboxylic acids is 2. The van der Waals surface area contributed by atoms with Crippen LogP contribution in [-0.4, -0.2) is 24.9 Å². The van der Waals surface area contributed by atoms with Crippen molar-refractivity contribution in [1.29, 1.82) is 0 Å². The number of Topliss-reactive ketones (excluding diaryl/α,β-unsaturated/α-hetero) is 1. The maximum atomic E-state index is 12.3. The number of fused-ring (bicyclic) bond motifs is 2. The van der Waals surface area contributed by atoms with Gasteiger partial charge in [0.2, 0.25) is 0 Å². The van der Waals surface area contributed by atoms with Crippen LogP contribution >= 0.6 is 27.7 Å². The molecule has 0 atom stereocenters. The highest BCUT2D eigenvalue weighted by molar-refractivity contribution is 9.10. The molecule has 4 rings (SSSR count). The molecule has 0 saturated carbocycles. The molecule has 146 valence electrons. The van der Waals surface area contributed by atoms with Crippen LogP contribution in [0.2, 0.25) is 0 Å². The van der Waals surface area contributed by atoms with E-state index in [9.17, 15) is 9.59 Å². The summed E-state index contributed by atoms with van der Waals surface area (Å²) in [4.78, 5) is 29.0. The lowest BCUT2D eigenvalue weighted by molar-refractivity contribution is -0.142. The van der Waals surface area contributed by atoms with Crippen molar-refractivity contribution in [1.82, 2.24) is 0 Å². The number of para-hydroxylation sites is 2. The molecule has 0 unspecified atom stereocenters. The summed E-state index contributed by atoms with van der Waals surface area (Å²) in [7, 11) is 0. The zero-order chi connectivity index (χ0) is 20.2. The summed E-state index contributed by atoms with van der Waals surface area (Å²) in [6.07, 6.45) is 0.194. The highest BCUT2D eigenvalue weighted by atomic mass is 79.9. The average Bonchev–Trinajstić information content (AvgIpc) is 2.75. The van der Waals surface area contributed by atoms with Gasteiger partial charge in [0.1, 0.15) is 0 Å². The number of rotatable bonds is 6. The van der Waals surface area contributed by atoms with E-state index >= 15 is 0 Å². The molecule has 0 aliphatic carbocycles. The smallest absolute Gasteiger partial charge is 0.308 e. The summed E-state index contributed by atoms with van der Waals surface area (Å²) >= 11 is 5.07. The molecule has 0 amide bonds. The normalized spacial score (nSPS) is 12.1. The van der Waals surface area contributed by atoms with Gasteiger partial charge in [-0.3, -0.25) is 9.59 Å². The molecule has 0 spiro atoms. The first-order valence-corrected chi connectivity index (χ1v) is 10.8. The number of ketones is 1. The van der Waals surface area contributed by atoms with Gasteiger partial charge in [0, 0.05) is 26.4 Å². The lowest BCUT2D eigenvalue weighted by Gasteiger charge is -2.32. The fourth-order valence-corrected chi connectivity index (χ4v) is 4.68. The Kier molecular flexibility index (Phi) is 6.02. The molecule has 1 aliphatic heterocycles. The second-order valence-corrected chi connectivity index (χ2v) is 8.53. The summed E-state index contributed by atoms with van der Waals surface area (Å²) in [5, 5.41) is 0. The van der Waals surface area contributed by atoms with Gasteiger partial charge in [-0.2, -0.15) is 0 Å². The topological polar surface area (TPSA) is 46.6 Å². The lowest BCUT2D eigenvalue weighted by atomic mass is 10.1. The number of hydrogen-bond acceptors (Lipinski definition) is 5. The van der Waals surface area contributed by atoms with Crippen LogP contribution in [0.3, 0.4) is 0 Å². The molecule has 6 heteroatoms. The third kappa shape index (κ3) is 4.54. The molecule has 1 heterocycles. The van der Waals surface area contributed by atoms with E-state index in [4.69, 9.17) is 4.74 Å². The van der Waals surface area contributed by atoms with Crippen molar-refractivity contribution in [3.05, 3.63) is 82.8 Å². The van der Waals surface area contributed by atoms with Crippen molar-refractivity contribution in [3.8, 4) is 0 Å². The number of ether oxygens (including phenoxy) is 1. The van der Waals surface area contributed by atoms with Crippen LogP contribution in [-0.2, 0) is 9.53 Å². The van der Waals surface area contributed by atoms with Crippen LogP contribution in [0.25, 0.3) is 0 Å². The van der Waals surface area contributed by atoms with Crippen LogP contribution in [0.5, 0.6) is 0 Å². The van der Waals surface area contributed by atoms with Crippen molar-refractivity contribution in [2.75, 3.05) is 18.1 Å². The number of esters is 1. The quantitative estimate of drug-likeness (QED) is 0.335. The van der Waals surface area contributed by atoms with E-state index in [0.29, 0.717) is 12.1 Å². The molecule has 3 aromatic rings. The number of anilines is 2. The van der Waals surface area contributed by atoms with Gasteiger partial charge >= 0.3 is 5.97 Å². The Bertz CT molecular complexity index is 1020. The first-order valence-electron chi connectivity index (χ1n) is 9.19. The predicted molar refractivity (Wildman–Crippen MR) is 118 cm³/mol. The zero-order valence-corrected chi connectivity index (χ0v) is 17.9. The number of nitrogens with zero attached hydrogens (tertiary/aromatic N) is 1. The Morgan fingerprint density at radius 2 is 1.55 bits per heavy atom. The van der Waals surface area contributed by atoms with Crippen LogP contribution in [0, 0.1) is 0 Å². The molecule has 0 N–H and O–H groups in total. The standard InChI is InChI=1S/C23H18BrNO3S/c24-17-7-5-6-16(14-17)20(26)15-28-23(27)12-13-25-18-8-1-3-10-21(18)29-22-11-4-2-9-19(22)25/h1-11,14H,12-13,15H2. The molecule has 29 heavy (non-hydrogen) atoms. The summed E-state index contributed by atoms with van der Waals surface area (Å²) in [5.74, 6) is -0.605. The molecule has 3 aromatic carbocycles. The minimum atomic E-state index is -0.387. The monoisotopic (exact) mass is 467 g/mol. The molecule has 0 saturated heterocycles. The van der Waals surface area contributed by atoms with E-state index in [0.717, 1.165) is 25.6 Å². The Hall–Kier alpha value is -2.57. The van der Waals surface area contributed by atoms with Gasteiger partial charge in [-0.05, 0) is 36.4 Å². The van der Waals surface area contributed by atoms with E-state index < -0.39 is 0 Å². The average molecular weight is 468 g/mol. The van der Waals surface area contributed by atoms with Gasteiger partial charge in [0.25, 0.3) is 0 Å². The van der Waals surface area contributed by atoms with Crippen LogP contribution in [0.4, 0.5) is 11.4 Å². The summed E-state index contributed by atoms with van der Waals surface area (Å²) in [5.41, 5.74) is 2.67. The molecular formula is C23H18BrNO3S. The largest absolute Gasteiger partial charge is 0.457 e. The molecule has 0 bridgehead atoms.